The van der Waals surface area contributed by atoms with Crippen molar-refractivity contribution in [2.45, 2.75) is 80.6 Å². The highest BCUT2D eigenvalue weighted by Crippen LogP contribution is 2.44. The second-order valence-corrected chi connectivity index (χ2v) is 28.9. The standard InChI is InChI=1S/2C21H18O.2C20H16O.C16H14O/c1-13-10-11-18(16-7-4-3-6-15(13)16)17-8-5-9-19-20(17)12-14(2)21(19)22;1-13-10-11-15-6-3-4-7-16(15)20(13)17-8-5-9-18-19(17)12-14(2)21(18)22;1-13-12-19-17(10-5-11-18(19)20(13)21)16-9-4-7-14-6-2-3-8-15(14)16;1-13-11-19-17(7-4-8-18(19)20(13)21)16-10-9-14-5-2-3-6-15(14)12-16;1-11-10-15-13(12-6-3-2-4-7-12)8-5-9-14(15)16(11)17/h2*3-11,14H,12H2,1-2H3;2-11,13H,12H2,1H3;2-10,12-13H,11H2,1H3;2-9,11H,10H2,1H3. The molecule has 5 aliphatic rings. The molecular formula is C98H82O5. The van der Waals surface area contributed by atoms with Gasteiger partial charge in [-0.3, -0.25) is 24.0 Å². The van der Waals surface area contributed by atoms with E-state index in [-0.39, 0.29) is 58.5 Å². The summed E-state index contributed by atoms with van der Waals surface area (Å²) >= 11 is 0. The number of ketones is 5. The SMILES string of the molecule is CC1Cc2c(cccc2-c2ccc3ccccc3c2)C1=O.CC1Cc2c(cccc2-c2cccc3ccccc23)C1=O.CC1Cc2c(cccc2-c2ccccc2)C1=O.Cc1ccc(-c2cccc3c2CC(C)C3=O)c2ccccc12.Cc1ccc2ccccc2c1-c1cccc2c1CC(C)C2=O. The molecule has 14 aromatic carbocycles. The van der Waals surface area contributed by atoms with Gasteiger partial charge in [0.15, 0.2) is 28.9 Å². The molecule has 0 heterocycles. The summed E-state index contributed by atoms with van der Waals surface area (Å²) in [5, 5.41) is 10.0. The molecule has 0 spiro atoms. The Morgan fingerprint density at radius 2 is 0.534 bits per heavy atom. The van der Waals surface area contributed by atoms with E-state index in [1.165, 1.54) is 138 Å². The Kier molecular flexibility index (Phi) is 18.6. The van der Waals surface area contributed by atoms with Crippen molar-refractivity contribution >= 4 is 72.0 Å². The third-order valence-corrected chi connectivity index (χ3v) is 22.1. The number of benzene rings is 14. The number of rotatable bonds is 5. The molecule has 5 atom stereocenters. The fourth-order valence-corrected chi connectivity index (χ4v) is 16.6. The Bertz CT molecular complexity index is 5710. The molecule has 0 saturated heterocycles. The normalized spacial score (nSPS) is 17.3. The number of fused-ring (bicyclic) bond motifs is 9. The number of Topliss-reactive ketones (excluding diaryl/α,β-unsaturated/α-hetero) is 5. The second-order valence-electron chi connectivity index (χ2n) is 28.9. The fourth-order valence-electron chi connectivity index (χ4n) is 16.6. The maximum atomic E-state index is 12.3. The van der Waals surface area contributed by atoms with Gasteiger partial charge in [-0.1, -0.05) is 308 Å². The zero-order valence-corrected chi connectivity index (χ0v) is 59.5. The van der Waals surface area contributed by atoms with Gasteiger partial charge in [0.2, 0.25) is 0 Å². The lowest BCUT2D eigenvalue weighted by Gasteiger charge is -2.14. The van der Waals surface area contributed by atoms with Crippen molar-refractivity contribution in [3.63, 3.8) is 0 Å². The van der Waals surface area contributed by atoms with Crippen molar-refractivity contribution in [2.75, 3.05) is 0 Å². The predicted octanol–water partition coefficient (Wildman–Crippen LogP) is 23.9. The van der Waals surface area contributed by atoms with E-state index in [1.54, 1.807) is 0 Å². The van der Waals surface area contributed by atoms with Crippen LogP contribution in [0.25, 0.3) is 98.7 Å². The van der Waals surface area contributed by atoms with Crippen LogP contribution < -0.4 is 0 Å². The van der Waals surface area contributed by atoms with Gasteiger partial charge in [-0.05, 0) is 190 Å². The predicted molar refractivity (Wildman–Crippen MR) is 425 cm³/mol. The topological polar surface area (TPSA) is 85.3 Å². The summed E-state index contributed by atoms with van der Waals surface area (Å²) in [6.07, 6.45) is 4.30. The highest BCUT2D eigenvalue weighted by molar-refractivity contribution is 6.10. The summed E-state index contributed by atoms with van der Waals surface area (Å²) in [7, 11) is 0. The Morgan fingerprint density at radius 1 is 0.214 bits per heavy atom. The minimum absolute atomic E-state index is 0.103. The first kappa shape index (κ1) is 67.3. The monoisotopic (exact) mass is 1340 g/mol. The molecule has 0 radical (unpaired) electrons. The van der Waals surface area contributed by atoms with E-state index >= 15 is 0 Å². The van der Waals surface area contributed by atoms with E-state index in [9.17, 15) is 24.0 Å². The van der Waals surface area contributed by atoms with Crippen LogP contribution in [0.15, 0.2) is 279 Å². The Morgan fingerprint density at radius 3 is 1.05 bits per heavy atom. The van der Waals surface area contributed by atoms with Crippen LogP contribution in [0.3, 0.4) is 0 Å². The number of carbonyl (C=O) groups excluding carboxylic acids is 5. The maximum Gasteiger partial charge on any atom is 0.166 e. The molecule has 0 amide bonds. The average Bonchev–Trinajstić information content (AvgIpc) is 0.981. The third kappa shape index (κ3) is 12.8. The van der Waals surface area contributed by atoms with Gasteiger partial charge in [-0.15, -0.1) is 0 Å². The average molecular weight is 1340 g/mol. The molecule has 0 saturated carbocycles. The van der Waals surface area contributed by atoms with E-state index in [0.717, 1.165) is 59.9 Å². The van der Waals surface area contributed by atoms with Crippen molar-refractivity contribution in [3.8, 4) is 55.6 Å². The van der Waals surface area contributed by atoms with E-state index in [4.69, 9.17) is 0 Å². The van der Waals surface area contributed by atoms with Crippen LogP contribution in [0.2, 0.25) is 0 Å². The summed E-state index contributed by atoms with van der Waals surface area (Å²) in [5.41, 5.74) is 25.4. The van der Waals surface area contributed by atoms with Crippen LogP contribution in [0.1, 0.15) is 125 Å². The largest absolute Gasteiger partial charge is 0.294 e. The van der Waals surface area contributed by atoms with Crippen molar-refractivity contribution in [1.29, 1.82) is 0 Å². The second kappa shape index (κ2) is 28.5. The Labute approximate surface area is 604 Å². The van der Waals surface area contributed by atoms with Gasteiger partial charge in [0.25, 0.3) is 0 Å². The molecular weight excluding hydrogens is 1260 g/mol. The molecule has 0 fully saturated rings. The molecule has 5 heteroatoms. The van der Waals surface area contributed by atoms with Gasteiger partial charge < -0.3 is 0 Å². The molecule has 14 aromatic rings. The van der Waals surface area contributed by atoms with Crippen molar-refractivity contribution < 1.29 is 24.0 Å². The molecule has 19 rings (SSSR count). The zero-order chi connectivity index (χ0) is 71.2. The molecule has 103 heavy (non-hydrogen) atoms. The van der Waals surface area contributed by atoms with Gasteiger partial charge in [-0.2, -0.15) is 0 Å². The first-order valence-electron chi connectivity index (χ1n) is 36.4. The van der Waals surface area contributed by atoms with Crippen molar-refractivity contribution in [3.05, 3.63) is 346 Å². The van der Waals surface area contributed by atoms with E-state index < -0.39 is 0 Å². The fraction of sp³-hybridized carbons (Fsp3) is 0.173. The summed E-state index contributed by atoms with van der Waals surface area (Å²) in [5.74, 6) is 1.99. The number of hydrogen-bond donors (Lipinski definition) is 0. The van der Waals surface area contributed by atoms with Crippen LogP contribution in [0, 0.1) is 43.4 Å². The van der Waals surface area contributed by atoms with Gasteiger partial charge in [-0.25, -0.2) is 0 Å². The van der Waals surface area contributed by atoms with E-state index in [0.29, 0.717) is 0 Å². The van der Waals surface area contributed by atoms with Crippen LogP contribution >= 0.6 is 0 Å². The minimum Gasteiger partial charge on any atom is -0.294 e. The Hall–Kier alpha value is -11.5. The highest BCUT2D eigenvalue weighted by atomic mass is 16.1. The number of aryl methyl sites for hydroxylation is 2. The smallest absolute Gasteiger partial charge is 0.166 e. The van der Waals surface area contributed by atoms with Gasteiger partial charge >= 0.3 is 0 Å². The first-order chi connectivity index (χ1) is 50.1. The molecule has 0 aliphatic heterocycles. The molecule has 5 unspecified atom stereocenters. The molecule has 0 bridgehead atoms. The summed E-state index contributed by atoms with van der Waals surface area (Å²) in [6.45, 7) is 14.4. The molecule has 504 valence electrons. The highest BCUT2D eigenvalue weighted by Gasteiger charge is 2.34. The summed E-state index contributed by atoms with van der Waals surface area (Å²) in [6, 6.07) is 96.3. The van der Waals surface area contributed by atoms with E-state index in [2.05, 4.69) is 214 Å². The van der Waals surface area contributed by atoms with Gasteiger partial charge in [0.1, 0.15) is 0 Å². The van der Waals surface area contributed by atoms with Crippen molar-refractivity contribution in [2.24, 2.45) is 29.6 Å². The molecule has 5 nitrogen and oxygen atoms in total. The third-order valence-electron chi connectivity index (χ3n) is 22.1. The number of carbonyl (C=O) groups is 5. The van der Waals surface area contributed by atoms with Crippen LogP contribution in [0.5, 0.6) is 0 Å². The Balaban J connectivity index is 0.000000104. The van der Waals surface area contributed by atoms with E-state index in [1.807, 2.05) is 113 Å². The van der Waals surface area contributed by atoms with Crippen LogP contribution in [-0.2, 0) is 32.1 Å². The summed E-state index contributed by atoms with van der Waals surface area (Å²) in [4.78, 5) is 61.0. The van der Waals surface area contributed by atoms with Gasteiger partial charge in [0, 0.05) is 57.4 Å². The molecule has 0 N–H and O–H groups in total. The summed E-state index contributed by atoms with van der Waals surface area (Å²) < 4.78 is 0. The number of hydrogen-bond acceptors (Lipinski definition) is 5. The minimum atomic E-state index is 0.103. The molecule has 0 aromatic heterocycles. The van der Waals surface area contributed by atoms with Crippen LogP contribution in [-0.4, -0.2) is 28.9 Å². The lowest BCUT2D eigenvalue weighted by Crippen LogP contribution is -2.02. The van der Waals surface area contributed by atoms with Gasteiger partial charge in [0.05, 0.1) is 0 Å². The van der Waals surface area contributed by atoms with Crippen molar-refractivity contribution in [1.82, 2.24) is 0 Å². The zero-order valence-electron chi connectivity index (χ0n) is 59.5. The lowest BCUT2D eigenvalue weighted by atomic mass is 9.89. The maximum absolute atomic E-state index is 12.3. The first-order valence-corrected chi connectivity index (χ1v) is 36.4. The quantitative estimate of drug-likeness (QED) is 0.171. The molecule has 5 aliphatic carbocycles. The lowest BCUT2D eigenvalue weighted by molar-refractivity contribution is 0.0939. The van der Waals surface area contributed by atoms with Crippen LogP contribution in [0.4, 0.5) is 0 Å².